The molecular weight excluding hydrogens is 429 g/mol. The molecule has 5 nitrogen and oxygen atoms in total. The first kappa shape index (κ1) is 19.3. The van der Waals surface area contributed by atoms with Crippen molar-refractivity contribution in [2.24, 2.45) is 4.99 Å². The number of rotatable bonds is 5. The molecule has 0 radical (unpaired) electrons. The molecule has 2 aromatic rings. The minimum atomic E-state index is 0. The van der Waals surface area contributed by atoms with E-state index in [9.17, 15) is 0 Å². The van der Waals surface area contributed by atoms with Gasteiger partial charge in [-0.2, -0.15) is 0 Å². The number of halogens is 1. The highest BCUT2D eigenvalue weighted by molar-refractivity contribution is 14.0. The lowest BCUT2D eigenvalue weighted by Crippen LogP contribution is -2.36. The van der Waals surface area contributed by atoms with Gasteiger partial charge in [-0.3, -0.25) is 4.99 Å². The van der Waals surface area contributed by atoms with E-state index in [0.29, 0.717) is 12.5 Å². The lowest BCUT2D eigenvalue weighted by molar-refractivity contribution is 0.786. The maximum atomic E-state index is 4.61. The summed E-state index contributed by atoms with van der Waals surface area (Å²) in [7, 11) is 1.77. The van der Waals surface area contributed by atoms with Crippen molar-refractivity contribution < 1.29 is 0 Å². The summed E-state index contributed by atoms with van der Waals surface area (Å²) in [5, 5.41) is 9.79. The fourth-order valence-electron chi connectivity index (χ4n) is 1.71. The molecule has 22 heavy (non-hydrogen) atoms. The average molecular weight is 451 g/mol. The monoisotopic (exact) mass is 451 g/mol. The number of aliphatic imine (C=N–C) groups is 1. The van der Waals surface area contributed by atoms with E-state index in [-0.39, 0.29) is 24.0 Å². The molecule has 0 aromatic carbocycles. The Balaban J connectivity index is 0.00000242. The van der Waals surface area contributed by atoms with Crippen molar-refractivity contribution in [1.82, 2.24) is 20.6 Å². The molecule has 2 heterocycles. The molecule has 2 rings (SSSR count). The third-order valence-corrected chi connectivity index (χ3v) is 4.86. The van der Waals surface area contributed by atoms with Crippen molar-refractivity contribution >= 4 is 52.6 Å². The molecule has 0 aliphatic carbocycles. The first-order valence-corrected chi connectivity index (χ1v) is 8.64. The molecule has 0 amide bonds. The van der Waals surface area contributed by atoms with Crippen molar-refractivity contribution in [2.45, 2.75) is 39.8 Å². The zero-order valence-corrected chi connectivity index (χ0v) is 17.2. The highest BCUT2D eigenvalue weighted by atomic mass is 127. The van der Waals surface area contributed by atoms with E-state index in [0.717, 1.165) is 28.9 Å². The maximum Gasteiger partial charge on any atom is 0.191 e. The summed E-state index contributed by atoms with van der Waals surface area (Å²) in [6, 6.07) is 0. The van der Waals surface area contributed by atoms with Crippen LogP contribution in [0.2, 0.25) is 0 Å². The molecule has 0 saturated heterocycles. The summed E-state index contributed by atoms with van der Waals surface area (Å²) in [5.41, 5.74) is 4.09. The van der Waals surface area contributed by atoms with Gasteiger partial charge in [0, 0.05) is 17.3 Å². The van der Waals surface area contributed by atoms with E-state index < -0.39 is 0 Å². The summed E-state index contributed by atoms with van der Waals surface area (Å²) >= 11 is 3.34. The first-order chi connectivity index (χ1) is 10.1. The molecule has 122 valence electrons. The second kappa shape index (κ2) is 9.41. The van der Waals surface area contributed by atoms with Crippen LogP contribution in [0.4, 0.5) is 0 Å². The largest absolute Gasteiger partial charge is 0.351 e. The van der Waals surface area contributed by atoms with Gasteiger partial charge >= 0.3 is 0 Å². The summed E-state index contributed by atoms with van der Waals surface area (Å²) < 4.78 is 0. The topological polar surface area (TPSA) is 62.2 Å². The second-order valence-corrected chi connectivity index (χ2v) is 6.84. The number of aromatic nitrogens is 2. The third-order valence-electron chi connectivity index (χ3n) is 3.05. The molecule has 0 fully saturated rings. The number of hydrogen-bond acceptors (Lipinski definition) is 5. The Morgan fingerprint density at radius 2 is 2.00 bits per heavy atom. The van der Waals surface area contributed by atoms with Crippen LogP contribution in [0.15, 0.2) is 15.9 Å². The molecule has 0 bridgehead atoms. The van der Waals surface area contributed by atoms with Crippen LogP contribution in [-0.2, 0) is 13.1 Å². The lowest BCUT2D eigenvalue weighted by Gasteiger charge is -2.10. The van der Waals surface area contributed by atoms with Gasteiger partial charge < -0.3 is 10.6 Å². The Kier molecular flexibility index (Phi) is 8.26. The molecule has 0 spiro atoms. The number of nitrogens with zero attached hydrogens (tertiary/aromatic N) is 3. The highest BCUT2D eigenvalue weighted by Crippen LogP contribution is 2.17. The minimum absolute atomic E-state index is 0. The molecule has 0 aliphatic heterocycles. The van der Waals surface area contributed by atoms with Crippen LogP contribution in [0, 0.1) is 6.92 Å². The van der Waals surface area contributed by atoms with Crippen LogP contribution >= 0.6 is 46.7 Å². The van der Waals surface area contributed by atoms with Gasteiger partial charge in [-0.1, -0.05) is 13.8 Å². The molecule has 0 atom stereocenters. The van der Waals surface area contributed by atoms with Gasteiger partial charge in [-0.15, -0.1) is 46.7 Å². The predicted octanol–water partition coefficient (Wildman–Crippen LogP) is 3.51. The van der Waals surface area contributed by atoms with Crippen LogP contribution in [0.1, 0.15) is 41.0 Å². The summed E-state index contributed by atoms with van der Waals surface area (Å²) in [4.78, 5) is 14.3. The van der Waals surface area contributed by atoms with Crippen LogP contribution in [0.5, 0.6) is 0 Å². The fraction of sp³-hybridized carbons (Fsp3) is 0.500. The zero-order chi connectivity index (χ0) is 15.2. The highest BCUT2D eigenvalue weighted by Gasteiger charge is 2.07. The van der Waals surface area contributed by atoms with Gasteiger partial charge in [0.15, 0.2) is 5.96 Å². The van der Waals surface area contributed by atoms with Crippen molar-refractivity contribution in [1.29, 1.82) is 0 Å². The molecule has 0 saturated carbocycles. The molecule has 2 aromatic heterocycles. The first-order valence-electron chi connectivity index (χ1n) is 6.88. The van der Waals surface area contributed by atoms with Gasteiger partial charge in [0.2, 0.25) is 0 Å². The molecular formula is C14H22IN5S2. The quantitative estimate of drug-likeness (QED) is 0.415. The second-order valence-electron chi connectivity index (χ2n) is 4.96. The van der Waals surface area contributed by atoms with Crippen molar-refractivity contribution in [2.75, 3.05) is 7.05 Å². The standard InChI is InChI=1S/C14H21N5S2.HI/c1-9(2)11-7-20-13(19-11)6-17-14(15-4)16-5-12-10(3)18-8-21-12;/h7-9H,5-6H2,1-4H3,(H2,15,16,17);1H. The number of hydrogen-bond donors (Lipinski definition) is 2. The van der Waals surface area contributed by atoms with Gasteiger partial charge in [0.25, 0.3) is 0 Å². The zero-order valence-electron chi connectivity index (χ0n) is 13.2. The van der Waals surface area contributed by atoms with Crippen molar-refractivity contribution in [3.05, 3.63) is 32.2 Å². The van der Waals surface area contributed by atoms with Crippen molar-refractivity contribution in [3.63, 3.8) is 0 Å². The lowest BCUT2D eigenvalue weighted by atomic mass is 10.2. The Morgan fingerprint density at radius 3 is 2.55 bits per heavy atom. The fourth-order valence-corrected chi connectivity index (χ4v) is 3.32. The Labute approximate surface area is 156 Å². The number of nitrogens with one attached hydrogen (secondary N) is 2. The summed E-state index contributed by atoms with van der Waals surface area (Å²) in [6.45, 7) is 7.77. The molecule has 0 unspecified atom stereocenters. The van der Waals surface area contributed by atoms with E-state index in [1.54, 1.807) is 29.7 Å². The van der Waals surface area contributed by atoms with E-state index in [2.05, 4.69) is 44.8 Å². The SMILES string of the molecule is CN=C(NCc1nc(C(C)C)cs1)NCc1scnc1C.I. The Bertz CT molecular complexity index is 606. The van der Waals surface area contributed by atoms with E-state index in [4.69, 9.17) is 0 Å². The smallest absolute Gasteiger partial charge is 0.191 e. The molecule has 2 N–H and O–H groups in total. The van der Waals surface area contributed by atoms with E-state index >= 15 is 0 Å². The Hall–Kier alpha value is -0.740. The van der Waals surface area contributed by atoms with Gasteiger partial charge in [-0.25, -0.2) is 9.97 Å². The number of thiazole rings is 2. The summed E-state index contributed by atoms with van der Waals surface area (Å²) in [5.74, 6) is 1.26. The summed E-state index contributed by atoms with van der Waals surface area (Å²) in [6.07, 6.45) is 0. The minimum Gasteiger partial charge on any atom is -0.351 e. The average Bonchev–Trinajstić information content (AvgIpc) is 3.08. The van der Waals surface area contributed by atoms with Crippen LogP contribution < -0.4 is 10.6 Å². The van der Waals surface area contributed by atoms with Crippen LogP contribution in [0.3, 0.4) is 0 Å². The van der Waals surface area contributed by atoms with Gasteiger partial charge in [-0.05, 0) is 12.8 Å². The van der Waals surface area contributed by atoms with E-state index in [1.165, 1.54) is 4.88 Å². The number of aryl methyl sites for hydroxylation is 1. The van der Waals surface area contributed by atoms with Crippen molar-refractivity contribution in [3.8, 4) is 0 Å². The molecule has 0 aliphatic rings. The Morgan fingerprint density at radius 1 is 1.27 bits per heavy atom. The molecule has 8 heteroatoms. The van der Waals surface area contributed by atoms with Gasteiger partial charge in [0.05, 0.1) is 30.0 Å². The normalized spacial score (nSPS) is 11.4. The van der Waals surface area contributed by atoms with Gasteiger partial charge in [0.1, 0.15) is 5.01 Å². The predicted molar refractivity (Wildman–Crippen MR) is 106 cm³/mol. The van der Waals surface area contributed by atoms with Crippen LogP contribution in [0.25, 0.3) is 0 Å². The number of guanidine groups is 1. The van der Waals surface area contributed by atoms with Crippen LogP contribution in [-0.4, -0.2) is 23.0 Å². The maximum absolute atomic E-state index is 4.61. The van der Waals surface area contributed by atoms with E-state index in [1.807, 2.05) is 12.4 Å². The third kappa shape index (κ3) is 5.47.